The summed E-state index contributed by atoms with van der Waals surface area (Å²) in [6.45, 7) is 1.36. The zero-order chi connectivity index (χ0) is 10.6. The molecule has 1 heterocycles. The molecule has 1 aromatic heterocycles. The molecule has 0 aromatic carbocycles. The first-order chi connectivity index (χ1) is 6.51. The summed E-state index contributed by atoms with van der Waals surface area (Å²) in [6.07, 6.45) is -0.691. The van der Waals surface area contributed by atoms with Crippen molar-refractivity contribution in [2.45, 2.75) is 26.1 Å². The summed E-state index contributed by atoms with van der Waals surface area (Å²) in [6, 6.07) is 0. The lowest BCUT2D eigenvalue weighted by Crippen LogP contribution is -2.19. The van der Waals surface area contributed by atoms with Crippen LogP contribution in [0.15, 0.2) is 12.4 Å². The number of ether oxygens (including phenoxy) is 1. The van der Waals surface area contributed by atoms with Gasteiger partial charge in [-0.3, -0.25) is 4.68 Å². The molecule has 1 aromatic rings. The van der Waals surface area contributed by atoms with Crippen LogP contribution in [0.2, 0.25) is 0 Å². The number of alkyl halides is 3. The van der Waals surface area contributed by atoms with E-state index in [1.54, 1.807) is 4.68 Å². The number of aryl methyl sites for hydroxylation is 1. The quantitative estimate of drug-likeness (QED) is 0.758. The molecule has 0 bridgehead atoms. The zero-order valence-electron chi connectivity index (χ0n) is 7.71. The molecule has 0 radical (unpaired) electrons. The van der Waals surface area contributed by atoms with E-state index in [-0.39, 0.29) is 5.75 Å². The van der Waals surface area contributed by atoms with E-state index in [9.17, 15) is 13.2 Å². The third-order valence-corrected chi connectivity index (χ3v) is 1.46. The van der Waals surface area contributed by atoms with Gasteiger partial charge in [-0.15, -0.1) is 0 Å². The van der Waals surface area contributed by atoms with Crippen LogP contribution in [0.5, 0.6) is 5.75 Å². The summed E-state index contributed by atoms with van der Waals surface area (Å²) in [5, 5.41) is 3.83. The lowest BCUT2D eigenvalue weighted by atomic mass is 10.5. The Kier molecular flexibility index (Phi) is 3.38. The third-order valence-electron chi connectivity index (χ3n) is 1.46. The predicted molar refractivity (Wildman–Crippen MR) is 44.1 cm³/mol. The molecule has 0 aliphatic rings. The van der Waals surface area contributed by atoms with Gasteiger partial charge in [0.15, 0.2) is 12.4 Å². The second kappa shape index (κ2) is 4.34. The van der Waals surface area contributed by atoms with Gasteiger partial charge in [0, 0.05) is 6.54 Å². The Balaban J connectivity index is 2.44. The standard InChI is InChI=1S/C8H11F3N2O/c1-2-3-13-5-7(4-12-13)14-6-8(9,10)11/h4-5H,2-3,6H2,1H3. The molecule has 0 spiro atoms. The number of halogens is 3. The average molecular weight is 208 g/mol. The first kappa shape index (κ1) is 10.9. The second-order valence-corrected chi connectivity index (χ2v) is 2.84. The van der Waals surface area contributed by atoms with Gasteiger partial charge in [0.25, 0.3) is 0 Å². The maximum absolute atomic E-state index is 11.7. The smallest absolute Gasteiger partial charge is 0.422 e. The van der Waals surface area contributed by atoms with Crippen molar-refractivity contribution in [1.82, 2.24) is 9.78 Å². The first-order valence-electron chi connectivity index (χ1n) is 4.23. The van der Waals surface area contributed by atoms with E-state index >= 15 is 0 Å². The summed E-state index contributed by atoms with van der Waals surface area (Å²) < 4.78 is 41.3. The lowest BCUT2D eigenvalue weighted by Gasteiger charge is -2.06. The summed E-state index contributed by atoms with van der Waals surface area (Å²) in [7, 11) is 0. The molecule has 0 aliphatic carbocycles. The molecular weight excluding hydrogens is 197 g/mol. The van der Waals surface area contributed by atoms with E-state index in [1.807, 2.05) is 6.92 Å². The van der Waals surface area contributed by atoms with Crippen LogP contribution in [0.4, 0.5) is 13.2 Å². The molecule has 0 saturated heterocycles. The minimum atomic E-state index is -4.30. The van der Waals surface area contributed by atoms with Gasteiger partial charge in [0.2, 0.25) is 0 Å². The van der Waals surface area contributed by atoms with Crippen molar-refractivity contribution in [2.24, 2.45) is 0 Å². The molecule has 1 rings (SSSR count). The van der Waals surface area contributed by atoms with Crippen molar-refractivity contribution in [1.29, 1.82) is 0 Å². The molecule has 6 heteroatoms. The van der Waals surface area contributed by atoms with Crippen LogP contribution in [0.1, 0.15) is 13.3 Å². The average Bonchev–Trinajstić information content (AvgIpc) is 2.49. The third kappa shape index (κ3) is 3.68. The fourth-order valence-corrected chi connectivity index (χ4v) is 0.936. The molecule has 0 amide bonds. The molecule has 3 nitrogen and oxygen atoms in total. The fraction of sp³-hybridized carbons (Fsp3) is 0.625. The number of rotatable bonds is 4. The molecule has 14 heavy (non-hydrogen) atoms. The van der Waals surface area contributed by atoms with Gasteiger partial charge in [-0.05, 0) is 6.42 Å². The van der Waals surface area contributed by atoms with E-state index in [1.165, 1.54) is 12.4 Å². The summed E-state index contributed by atoms with van der Waals surface area (Å²) in [5.74, 6) is 0.149. The number of hydrogen-bond donors (Lipinski definition) is 0. The van der Waals surface area contributed by atoms with Crippen LogP contribution in [0, 0.1) is 0 Å². The lowest BCUT2D eigenvalue weighted by molar-refractivity contribution is -0.153. The van der Waals surface area contributed by atoms with Crippen molar-refractivity contribution in [3.63, 3.8) is 0 Å². The highest BCUT2D eigenvalue weighted by atomic mass is 19.4. The van der Waals surface area contributed by atoms with Gasteiger partial charge >= 0.3 is 6.18 Å². The zero-order valence-corrected chi connectivity index (χ0v) is 7.71. The van der Waals surface area contributed by atoms with E-state index < -0.39 is 12.8 Å². The molecule has 0 fully saturated rings. The molecule has 0 unspecified atom stereocenters. The molecule has 0 saturated carbocycles. The Morgan fingerprint density at radius 2 is 2.21 bits per heavy atom. The summed E-state index contributed by atoms with van der Waals surface area (Å²) >= 11 is 0. The van der Waals surface area contributed by atoms with Gasteiger partial charge in [-0.25, -0.2) is 0 Å². The van der Waals surface area contributed by atoms with Crippen molar-refractivity contribution in [3.05, 3.63) is 12.4 Å². The normalized spacial score (nSPS) is 11.7. The van der Waals surface area contributed by atoms with Gasteiger partial charge in [-0.2, -0.15) is 18.3 Å². The summed E-state index contributed by atoms with van der Waals surface area (Å²) in [5.41, 5.74) is 0. The molecule has 0 aliphatic heterocycles. The van der Waals surface area contributed by atoms with Crippen LogP contribution >= 0.6 is 0 Å². The minimum absolute atomic E-state index is 0.149. The maximum Gasteiger partial charge on any atom is 0.422 e. The van der Waals surface area contributed by atoms with Crippen molar-refractivity contribution in [3.8, 4) is 5.75 Å². The van der Waals surface area contributed by atoms with Crippen molar-refractivity contribution in [2.75, 3.05) is 6.61 Å². The van der Waals surface area contributed by atoms with Crippen LogP contribution in [0.25, 0.3) is 0 Å². The molecule has 0 atom stereocenters. The van der Waals surface area contributed by atoms with Crippen molar-refractivity contribution >= 4 is 0 Å². The highest BCUT2D eigenvalue weighted by Gasteiger charge is 2.28. The summed E-state index contributed by atoms with van der Waals surface area (Å²) in [4.78, 5) is 0. The second-order valence-electron chi connectivity index (χ2n) is 2.84. The van der Waals surface area contributed by atoms with Crippen LogP contribution in [0.3, 0.4) is 0 Å². The minimum Gasteiger partial charge on any atom is -0.481 e. The van der Waals surface area contributed by atoms with E-state index in [2.05, 4.69) is 9.84 Å². The number of hydrogen-bond acceptors (Lipinski definition) is 2. The van der Waals surface area contributed by atoms with Gasteiger partial charge < -0.3 is 4.74 Å². The highest BCUT2D eigenvalue weighted by Crippen LogP contribution is 2.17. The first-order valence-corrected chi connectivity index (χ1v) is 4.23. The Morgan fingerprint density at radius 1 is 1.50 bits per heavy atom. The van der Waals surface area contributed by atoms with E-state index in [4.69, 9.17) is 0 Å². The Labute approximate surface area is 79.5 Å². The molecule has 80 valence electrons. The van der Waals surface area contributed by atoms with Crippen molar-refractivity contribution < 1.29 is 17.9 Å². The van der Waals surface area contributed by atoms with Gasteiger partial charge in [0.05, 0.1) is 12.4 Å². The van der Waals surface area contributed by atoms with Crippen LogP contribution in [-0.4, -0.2) is 22.6 Å². The topological polar surface area (TPSA) is 27.1 Å². The van der Waals surface area contributed by atoms with Gasteiger partial charge in [0.1, 0.15) is 0 Å². The monoisotopic (exact) mass is 208 g/mol. The SMILES string of the molecule is CCCn1cc(OCC(F)(F)F)cn1. The van der Waals surface area contributed by atoms with Gasteiger partial charge in [-0.1, -0.05) is 6.92 Å². The van der Waals surface area contributed by atoms with Crippen LogP contribution in [-0.2, 0) is 6.54 Å². The Hall–Kier alpha value is -1.20. The molecular formula is C8H11F3N2O. The Bertz CT molecular complexity index is 282. The van der Waals surface area contributed by atoms with E-state index in [0.717, 1.165) is 6.42 Å². The predicted octanol–water partition coefficient (Wildman–Crippen LogP) is 2.23. The van der Waals surface area contributed by atoms with E-state index in [0.29, 0.717) is 6.54 Å². The fourth-order valence-electron chi connectivity index (χ4n) is 0.936. The maximum atomic E-state index is 11.7. The van der Waals surface area contributed by atoms with Crippen LogP contribution < -0.4 is 4.74 Å². The Morgan fingerprint density at radius 3 is 2.79 bits per heavy atom. The largest absolute Gasteiger partial charge is 0.481 e. The number of aromatic nitrogens is 2. The molecule has 0 N–H and O–H groups in total. The highest BCUT2D eigenvalue weighted by molar-refractivity contribution is 5.11. The number of nitrogens with zero attached hydrogens (tertiary/aromatic N) is 2.